The van der Waals surface area contributed by atoms with Crippen LogP contribution in [0, 0.1) is 0 Å². The first-order valence-corrected chi connectivity index (χ1v) is 16.0. The number of ether oxygens (including phenoxy) is 2. The van der Waals surface area contributed by atoms with Crippen LogP contribution in [0.15, 0.2) is 12.2 Å². The van der Waals surface area contributed by atoms with Gasteiger partial charge in [0, 0.05) is 12.8 Å². The van der Waals surface area contributed by atoms with E-state index in [1.807, 2.05) is 0 Å². The standard InChI is InChI=1S/C28H53O8P/c1-3-5-7-9-11-12-13-14-15-17-19-21-23-28(30)36-26(25-35-37(31,32)33)24-34-27(29)22-20-18-16-10-8-6-4-2/h11-12,26H,3-10,13-25H2,1-2H3,(H2,31,32,33)/b12-11+/t26-/m1/s1. The minimum absolute atomic E-state index is 0.204. The highest BCUT2D eigenvalue weighted by atomic mass is 31.2. The van der Waals surface area contributed by atoms with Gasteiger partial charge >= 0.3 is 19.8 Å². The first-order chi connectivity index (χ1) is 17.8. The molecule has 9 heteroatoms. The van der Waals surface area contributed by atoms with Crippen LogP contribution in [-0.4, -0.2) is 41.0 Å². The summed E-state index contributed by atoms with van der Waals surface area (Å²) in [5, 5.41) is 0. The lowest BCUT2D eigenvalue weighted by molar-refractivity contribution is -0.161. The number of carbonyl (C=O) groups is 2. The molecule has 37 heavy (non-hydrogen) atoms. The van der Waals surface area contributed by atoms with Gasteiger partial charge in [-0.25, -0.2) is 4.57 Å². The molecule has 2 N–H and O–H groups in total. The van der Waals surface area contributed by atoms with Gasteiger partial charge in [0.2, 0.25) is 0 Å². The Hall–Kier alpha value is -1.21. The number of hydrogen-bond acceptors (Lipinski definition) is 6. The summed E-state index contributed by atoms with van der Waals surface area (Å²) in [5.41, 5.74) is 0. The van der Waals surface area contributed by atoms with Crippen LogP contribution in [0.2, 0.25) is 0 Å². The van der Waals surface area contributed by atoms with E-state index in [0.29, 0.717) is 6.42 Å². The molecule has 0 aromatic carbocycles. The van der Waals surface area contributed by atoms with Gasteiger partial charge in [0.1, 0.15) is 6.61 Å². The second-order valence-electron chi connectivity index (χ2n) is 9.73. The molecule has 0 aliphatic carbocycles. The largest absolute Gasteiger partial charge is 0.469 e. The maximum Gasteiger partial charge on any atom is 0.469 e. The van der Waals surface area contributed by atoms with E-state index in [-0.39, 0.29) is 19.4 Å². The van der Waals surface area contributed by atoms with Crippen LogP contribution >= 0.6 is 7.82 Å². The van der Waals surface area contributed by atoms with Crippen LogP contribution in [-0.2, 0) is 28.2 Å². The monoisotopic (exact) mass is 548 g/mol. The molecular formula is C28H53O8P. The number of phosphoric ester groups is 1. The molecule has 8 nitrogen and oxygen atoms in total. The summed E-state index contributed by atoms with van der Waals surface area (Å²) < 4.78 is 26.0. The number of allylic oxidation sites excluding steroid dienone is 2. The maximum atomic E-state index is 12.2. The second-order valence-corrected chi connectivity index (χ2v) is 11.0. The molecule has 0 saturated heterocycles. The van der Waals surface area contributed by atoms with Crippen molar-refractivity contribution in [2.24, 2.45) is 0 Å². The molecular weight excluding hydrogens is 495 g/mol. The Morgan fingerprint density at radius 2 is 1.14 bits per heavy atom. The molecule has 218 valence electrons. The summed E-state index contributed by atoms with van der Waals surface area (Å²) in [6.45, 7) is 3.56. The van der Waals surface area contributed by atoms with Crippen molar-refractivity contribution in [1.82, 2.24) is 0 Å². The molecule has 0 unspecified atom stereocenters. The Balaban J connectivity index is 4.09. The molecule has 0 fully saturated rings. The summed E-state index contributed by atoms with van der Waals surface area (Å²) >= 11 is 0. The Bertz CT molecular complexity index is 632. The lowest BCUT2D eigenvalue weighted by Gasteiger charge is -2.18. The van der Waals surface area contributed by atoms with Crippen molar-refractivity contribution in [3.8, 4) is 0 Å². The number of esters is 2. The fourth-order valence-electron chi connectivity index (χ4n) is 3.84. The van der Waals surface area contributed by atoms with Crippen molar-refractivity contribution in [3.63, 3.8) is 0 Å². The van der Waals surface area contributed by atoms with Crippen LogP contribution in [0.1, 0.15) is 136 Å². The van der Waals surface area contributed by atoms with Gasteiger partial charge in [0.25, 0.3) is 0 Å². The van der Waals surface area contributed by atoms with Crippen LogP contribution in [0.4, 0.5) is 0 Å². The van der Waals surface area contributed by atoms with E-state index in [1.54, 1.807) is 0 Å². The zero-order chi connectivity index (χ0) is 27.6. The van der Waals surface area contributed by atoms with E-state index in [1.165, 1.54) is 38.5 Å². The van der Waals surface area contributed by atoms with Gasteiger partial charge in [-0.05, 0) is 38.5 Å². The average Bonchev–Trinajstić information content (AvgIpc) is 2.85. The molecule has 0 aromatic rings. The zero-order valence-corrected chi connectivity index (χ0v) is 24.3. The van der Waals surface area contributed by atoms with Gasteiger partial charge in [0.15, 0.2) is 6.10 Å². The Kier molecular flexibility index (Phi) is 24.3. The topological polar surface area (TPSA) is 119 Å². The lowest BCUT2D eigenvalue weighted by Crippen LogP contribution is -2.29. The van der Waals surface area contributed by atoms with Crippen LogP contribution < -0.4 is 0 Å². The third-order valence-electron chi connectivity index (χ3n) is 6.03. The SMILES string of the molecule is CCCCC/C=C/CCCCCCCC(=O)O[C@H](COC(=O)CCCCCCCCC)COP(=O)(O)O. The van der Waals surface area contributed by atoms with Crippen LogP contribution in [0.3, 0.4) is 0 Å². The smallest absolute Gasteiger partial charge is 0.462 e. The summed E-state index contributed by atoms with van der Waals surface area (Å²) in [7, 11) is -4.73. The summed E-state index contributed by atoms with van der Waals surface area (Å²) in [6, 6.07) is 0. The highest BCUT2D eigenvalue weighted by Gasteiger charge is 2.22. The fourth-order valence-corrected chi connectivity index (χ4v) is 4.20. The first-order valence-electron chi connectivity index (χ1n) is 14.5. The van der Waals surface area contributed by atoms with Crippen LogP contribution in [0.5, 0.6) is 0 Å². The minimum atomic E-state index is -4.73. The van der Waals surface area contributed by atoms with Gasteiger partial charge < -0.3 is 19.3 Å². The van der Waals surface area contributed by atoms with Crippen molar-refractivity contribution in [1.29, 1.82) is 0 Å². The Morgan fingerprint density at radius 1 is 0.676 bits per heavy atom. The summed E-state index contributed by atoms with van der Waals surface area (Å²) in [4.78, 5) is 42.1. The molecule has 0 radical (unpaired) electrons. The third kappa shape index (κ3) is 27.6. The van der Waals surface area contributed by atoms with Crippen molar-refractivity contribution in [3.05, 3.63) is 12.2 Å². The zero-order valence-electron chi connectivity index (χ0n) is 23.4. The quantitative estimate of drug-likeness (QED) is 0.0492. The molecule has 0 spiro atoms. The van der Waals surface area contributed by atoms with Crippen molar-refractivity contribution < 1.29 is 37.9 Å². The van der Waals surface area contributed by atoms with Gasteiger partial charge in [-0.15, -0.1) is 0 Å². The Labute approximate surface area is 225 Å². The average molecular weight is 549 g/mol. The minimum Gasteiger partial charge on any atom is -0.462 e. The molecule has 0 heterocycles. The highest BCUT2D eigenvalue weighted by Crippen LogP contribution is 2.35. The van der Waals surface area contributed by atoms with Gasteiger partial charge in [-0.3, -0.25) is 14.1 Å². The number of carbonyl (C=O) groups excluding carboxylic acids is 2. The summed E-state index contributed by atoms with van der Waals surface area (Å²) in [6.07, 6.45) is 22.4. The highest BCUT2D eigenvalue weighted by molar-refractivity contribution is 7.46. The molecule has 0 aliphatic heterocycles. The molecule has 0 amide bonds. The maximum absolute atomic E-state index is 12.2. The van der Waals surface area contributed by atoms with Crippen molar-refractivity contribution in [2.45, 2.75) is 142 Å². The van der Waals surface area contributed by atoms with E-state index < -0.39 is 32.5 Å². The number of rotatable bonds is 26. The summed E-state index contributed by atoms with van der Waals surface area (Å²) in [5.74, 6) is -0.904. The fraction of sp³-hybridized carbons (Fsp3) is 0.857. The van der Waals surface area contributed by atoms with E-state index in [4.69, 9.17) is 19.3 Å². The Morgan fingerprint density at radius 3 is 1.70 bits per heavy atom. The van der Waals surface area contributed by atoms with Crippen molar-refractivity contribution in [2.75, 3.05) is 13.2 Å². The molecule has 0 aromatic heterocycles. The molecule has 0 saturated carbocycles. The van der Waals surface area contributed by atoms with E-state index >= 15 is 0 Å². The molecule has 0 rings (SSSR count). The normalized spacial score (nSPS) is 12.6. The van der Waals surface area contributed by atoms with Crippen molar-refractivity contribution >= 4 is 19.8 Å². The second kappa shape index (κ2) is 25.1. The van der Waals surface area contributed by atoms with Crippen LogP contribution in [0.25, 0.3) is 0 Å². The van der Waals surface area contributed by atoms with Gasteiger partial charge in [-0.1, -0.05) is 96.6 Å². The van der Waals surface area contributed by atoms with Gasteiger partial charge in [0.05, 0.1) is 6.61 Å². The predicted molar refractivity (Wildman–Crippen MR) is 147 cm³/mol. The lowest BCUT2D eigenvalue weighted by atomic mass is 10.1. The van der Waals surface area contributed by atoms with E-state index in [9.17, 15) is 14.2 Å². The number of unbranched alkanes of at least 4 members (excludes halogenated alkanes) is 14. The van der Waals surface area contributed by atoms with Gasteiger partial charge in [-0.2, -0.15) is 0 Å². The van der Waals surface area contributed by atoms with E-state index in [2.05, 4.69) is 30.5 Å². The number of phosphoric acid groups is 1. The molecule has 1 atom stereocenters. The molecule has 0 bridgehead atoms. The third-order valence-corrected chi connectivity index (χ3v) is 6.52. The first kappa shape index (κ1) is 35.8. The number of hydrogen-bond donors (Lipinski definition) is 2. The molecule has 0 aliphatic rings. The van der Waals surface area contributed by atoms with E-state index in [0.717, 1.165) is 64.2 Å². The predicted octanol–water partition coefficient (Wildman–Crippen LogP) is 7.56.